The Hall–Kier alpha value is -2.62. The number of hydrogen-bond acceptors (Lipinski definition) is 3. The lowest BCUT2D eigenvalue weighted by atomic mass is 10.1. The number of benzene rings is 2. The number of hydrogen-bond donors (Lipinski definition) is 0. The Bertz CT molecular complexity index is 805. The molecule has 0 N–H and O–H groups in total. The summed E-state index contributed by atoms with van der Waals surface area (Å²) in [7, 11) is 0. The highest BCUT2D eigenvalue weighted by molar-refractivity contribution is 5.90. The number of nitrogens with zero attached hydrogens (tertiary/aromatic N) is 2. The number of para-hydroxylation sites is 2. The van der Waals surface area contributed by atoms with Crippen LogP contribution in [-0.2, 0) is 0 Å². The molecule has 1 heterocycles. The fourth-order valence-electron chi connectivity index (χ4n) is 2.25. The summed E-state index contributed by atoms with van der Waals surface area (Å²) in [5.41, 5.74) is 3.80. The van der Waals surface area contributed by atoms with Crippen molar-refractivity contribution in [1.82, 2.24) is 9.55 Å². The quantitative estimate of drug-likeness (QED) is 0.738. The first-order chi connectivity index (χ1) is 10.2. The Morgan fingerprint density at radius 1 is 1.14 bits per heavy atom. The van der Waals surface area contributed by atoms with Gasteiger partial charge in [0.25, 0.3) is 5.91 Å². The fraction of sp³-hybridized carbons (Fsp3) is 0.176. The first-order valence-electron chi connectivity index (χ1n) is 6.81. The summed E-state index contributed by atoms with van der Waals surface area (Å²) in [5, 5.41) is 0. The summed E-state index contributed by atoms with van der Waals surface area (Å²) in [6.45, 7) is 4.00. The van der Waals surface area contributed by atoms with Crippen LogP contribution in [-0.4, -0.2) is 22.1 Å². The number of fused-ring (bicyclic) bond motifs is 1. The normalized spacial score (nSPS) is 10.8. The summed E-state index contributed by atoms with van der Waals surface area (Å²) >= 11 is 0. The zero-order chi connectivity index (χ0) is 14.8. The molecule has 3 rings (SSSR count). The fourth-order valence-corrected chi connectivity index (χ4v) is 2.25. The third-order valence-electron chi connectivity index (χ3n) is 3.63. The van der Waals surface area contributed by atoms with Gasteiger partial charge in [0.1, 0.15) is 12.1 Å². The molecule has 4 nitrogen and oxygen atoms in total. The highest BCUT2D eigenvalue weighted by Crippen LogP contribution is 2.20. The van der Waals surface area contributed by atoms with E-state index in [1.165, 1.54) is 4.57 Å². The molecule has 1 aromatic heterocycles. The van der Waals surface area contributed by atoms with E-state index in [2.05, 4.69) is 4.98 Å². The van der Waals surface area contributed by atoms with Crippen LogP contribution in [0.5, 0.6) is 5.75 Å². The van der Waals surface area contributed by atoms with Crippen LogP contribution in [0.4, 0.5) is 0 Å². The third-order valence-corrected chi connectivity index (χ3v) is 3.63. The molecule has 0 aliphatic heterocycles. The number of imidazole rings is 1. The van der Waals surface area contributed by atoms with E-state index >= 15 is 0 Å². The SMILES string of the molecule is Cc1cccc(OCC(=O)n2cnc3ccccc32)c1C. The van der Waals surface area contributed by atoms with E-state index in [0.717, 1.165) is 27.9 Å². The molecule has 0 aliphatic rings. The predicted octanol–water partition coefficient (Wildman–Crippen LogP) is 3.37. The Morgan fingerprint density at radius 3 is 2.81 bits per heavy atom. The molecule has 0 fully saturated rings. The lowest BCUT2D eigenvalue weighted by Gasteiger charge is -2.10. The van der Waals surface area contributed by atoms with Gasteiger partial charge in [0.15, 0.2) is 6.61 Å². The first kappa shape index (κ1) is 13.4. The smallest absolute Gasteiger partial charge is 0.270 e. The lowest BCUT2D eigenvalue weighted by Crippen LogP contribution is -2.18. The number of aromatic nitrogens is 2. The van der Waals surface area contributed by atoms with Gasteiger partial charge in [-0.05, 0) is 43.2 Å². The predicted molar refractivity (Wildman–Crippen MR) is 81.8 cm³/mol. The zero-order valence-corrected chi connectivity index (χ0v) is 12.0. The van der Waals surface area contributed by atoms with Gasteiger partial charge in [0, 0.05) is 0 Å². The number of rotatable bonds is 3. The highest BCUT2D eigenvalue weighted by atomic mass is 16.5. The van der Waals surface area contributed by atoms with Crippen LogP contribution in [0.2, 0.25) is 0 Å². The Balaban J connectivity index is 1.79. The van der Waals surface area contributed by atoms with Crippen LogP contribution in [0.15, 0.2) is 48.8 Å². The summed E-state index contributed by atoms with van der Waals surface area (Å²) in [4.78, 5) is 16.5. The summed E-state index contributed by atoms with van der Waals surface area (Å²) in [5.74, 6) is 0.609. The van der Waals surface area contributed by atoms with E-state index in [9.17, 15) is 4.79 Å². The van der Waals surface area contributed by atoms with Gasteiger partial charge in [-0.15, -0.1) is 0 Å². The van der Waals surface area contributed by atoms with Crippen LogP contribution < -0.4 is 4.74 Å². The van der Waals surface area contributed by atoms with Crippen molar-refractivity contribution in [2.24, 2.45) is 0 Å². The Labute approximate surface area is 123 Å². The zero-order valence-electron chi connectivity index (χ0n) is 12.0. The average Bonchev–Trinajstić information content (AvgIpc) is 2.92. The highest BCUT2D eigenvalue weighted by Gasteiger charge is 2.11. The van der Waals surface area contributed by atoms with Crippen molar-refractivity contribution in [1.29, 1.82) is 0 Å². The minimum Gasteiger partial charge on any atom is -0.483 e. The molecular weight excluding hydrogens is 264 g/mol. The van der Waals surface area contributed by atoms with Crippen LogP contribution in [0, 0.1) is 13.8 Å². The molecule has 0 spiro atoms. The van der Waals surface area contributed by atoms with Gasteiger partial charge in [-0.2, -0.15) is 0 Å². The standard InChI is InChI=1S/C17H16N2O2/c1-12-6-5-9-16(13(12)2)21-10-17(20)19-11-18-14-7-3-4-8-15(14)19/h3-9,11H,10H2,1-2H3. The molecule has 3 aromatic rings. The second-order valence-electron chi connectivity index (χ2n) is 4.98. The van der Waals surface area contributed by atoms with Gasteiger partial charge >= 0.3 is 0 Å². The molecule has 0 aliphatic carbocycles. The van der Waals surface area contributed by atoms with Crippen molar-refractivity contribution in [2.75, 3.05) is 6.61 Å². The van der Waals surface area contributed by atoms with Crippen molar-refractivity contribution >= 4 is 16.9 Å². The van der Waals surface area contributed by atoms with Crippen molar-refractivity contribution in [3.8, 4) is 5.75 Å². The first-order valence-corrected chi connectivity index (χ1v) is 6.81. The van der Waals surface area contributed by atoms with E-state index in [0.29, 0.717) is 0 Å². The Kier molecular flexibility index (Phi) is 3.44. The average molecular weight is 280 g/mol. The van der Waals surface area contributed by atoms with Crippen molar-refractivity contribution < 1.29 is 9.53 Å². The summed E-state index contributed by atoms with van der Waals surface area (Å²) in [6, 6.07) is 13.4. The van der Waals surface area contributed by atoms with Crippen LogP contribution in [0.3, 0.4) is 0 Å². The molecule has 0 atom stereocenters. The van der Waals surface area contributed by atoms with Gasteiger partial charge in [0.05, 0.1) is 11.0 Å². The van der Waals surface area contributed by atoms with Crippen molar-refractivity contribution in [3.05, 3.63) is 59.9 Å². The molecular formula is C17H16N2O2. The topological polar surface area (TPSA) is 44.1 Å². The molecule has 0 radical (unpaired) electrons. The van der Waals surface area contributed by atoms with Gasteiger partial charge < -0.3 is 4.74 Å². The molecule has 2 aromatic carbocycles. The van der Waals surface area contributed by atoms with Crippen LogP contribution in [0.25, 0.3) is 11.0 Å². The maximum Gasteiger partial charge on any atom is 0.270 e. The summed E-state index contributed by atoms with van der Waals surface area (Å²) in [6.07, 6.45) is 1.54. The minimum atomic E-state index is -0.135. The molecule has 4 heteroatoms. The van der Waals surface area contributed by atoms with Gasteiger partial charge in [-0.3, -0.25) is 9.36 Å². The van der Waals surface area contributed by atoms with Crippen molar-refractivity contribution in [3.63, 3.8) is 0 Å². The number of carbonyl (C=O) groups excluding carboxylic acids is 1. The van der Waals surface area contributed by atoms with E-state index in [1.807, 2.05) is 56.3 Å². The van der Waals surface area contributed by atoms with Crippen LogP contribution in [0.1, 0.15) is 15.9 Å². The number of ether oxygens (including phenoxy) is 1. The molecule has 21 heavy (non-hydrogen) atoms. The van der Waals surface area contributed by atoms with E-state index < -0.39 is 0 Å². The maximum atomic E-state index is 12.3. The van der Waals surface area contributed by atoms with E-state index in [-0.39, 0.29) is 12.5 Å². The molecule has 0 saturated carbocycles. The molecule has 106 valence electrons. The summed E-state index contributed by atoms with van der Waals surface area (Å²) < 4.78 is 7.18. The van der Waals surface area contributed by atoms with Crippen molar-refractivity contribution in [2.45, 2.75) is 13.8 Å². The number of aryl methyl sites for hydroxylation is 1. The molecule has 0 bridgehead atoms. The molecule has 0 saturated heterocycles. The number of carbonyl (C=O) groups is 1. The van der Waals surface area contributed by atoms with Gasteiger partial charge in [-0.1, -0.05) is 24.3 Å². The maximum absolute atomic E-state index is 12.3. The third kappa shape index (κ3) is 2.52. The van der Waals surface area contributed by atoms with Crippen LogP contribution >= 0.6 is 0 Å². The largest absolute Gasteiger partial charge is 0.483 e. The molecule has 0 unspecified atom stereocenters. The minimum absolute atomic E-state index is 0.00928. The second kappa shape index (κ2) is 5.40. The van der Waals surface area contributed by atoms with Gasteiger partial charge in [0.2, 0.25) is 0 Å². The molecule has 0 amide bonds. The lowest BCUT2D eigenvalue weighted by molar-refractivity contribution is 0.0842. The Morgan fingerprint density at radius 2 is 1.95 bits per heavy atom. The van der Waals surface area contributed by atoms with Gasteiger partial charge in [-0.25, -0.2) is 4.98 Å². The van der Waals surface area contributed by atoms with E-state index in [1.54, 1.807) is 6.33 Å². The van der Waals surface area contributed by atoms with E-state index in [4.69, 9.17) is 4.74 Å². The second-order valence-corrected chi connectivity index (χ2v) is 4.98. The monoisotopic (exact) mass is 280 g/mol.